The summed E-state index contributed by atoms with van der Waals surface area (Å²) in [5.74, 6) is 0.640. The summed E-state index contributed by atoms with van der Waals surface area (Å²) in [6.07, 6.45) is 3.65. The summed E-state index contributed by atoms with van der Waals surface area (Å²) >= 11 is 1.63. The van der Waals surface area contributed by atoms with Gasteiger partial charge < -0.3 is 10.2 Å². The van der Waals surface area contributed by atoms with E-state index in [1.165, 1.54) is 0 Å². The highest BCUT2D eigenvalue weighted by Gasteiger charge is 2.34. The molecular weight excluding hydrogens is 382 g/mol. The third kappa shape index (κ3) is 5.32. The molecule has 0 unspecified atom stereocenters. The maximum atomic E-state index is 12.6. The minimum absolute atomic E-state index is 0.0537. The van der Waals surface area contributed by atoms with Gasteiger partial charge in [-0.1, -0.05) is 31.9 Å². The van der Waals surface area contributed by atoms with E-state index in [4.69, 9.17) is 0 Å². The zero-order valence-corrected chi connectivity index (χ0v) is 18.2. The van der Waals surface area contributed by atoms with Gasteiger partial charge in [-0.15, -0.1) is 11.8 Å². The summed E-state index contributed by atoms with van der Waals surface area (Å²) in [7, 11) is 4.00. The zero-order chi connectivity index (χ0) is 20.8. The van der Waals surface area contributed by atoms with Crippen LogP contribution in [0.1, 0.15) is 43.5 Å². The highest BCUT2D eigenvalue weighted by molar-refractivity contribution is 8.00. The molecule has 2 aromatic rings. The van der Waals surface area contributed by atoms with E-state index in [1.54, 1.807) is 11.8 Å². The van der Waals surface area contributed by atoms with Gasteiger partial charge in [-0.25, -0.2) is 0 Å². The number of anilines is 3. The van der Waals surface area contributed by atoms with Crippen molar-refractivity contribution < 1.29 is 9.59 Å². The van der Waals surface area contributed by atoms with Crippen molar-refractivity contribution in [3.63, 3.8) is 0 Å². The Bertz CT molecular complexity index is 834. The topological polar surface area (TPSA) is 52.7 Å². The first-order chi connectivity index (χ1) is 14.0. The lowest BCUT2D eigenvalue weighted by atomic mass is 10.1. The van der Waals surface area contributed by atoms with Gasteiger partial charge in [0.15, 0.2) is 0 Å². The molecule has 1 heterocycles. The number of amides is 2. The van der Waals surface area contributed by atoms with E-state index >= 15 is 0 Å². The number of thioether (sulfide) groups is 1. The predicted octanol–water partition coefficient (Wildman–Crippen LogP) is 5.05. The molecule has 1 N–H and O–H groups in total. The van der Waals surface area contributed by atoms with E-state index in [2.05, 4.69) is 12.2 Å². The Labute approximate surface area is 177 Å². The molecule has 1 atom stereocenters. The molecule has 1 saturated heterocycles. The van der Waals surface area contributed by atoms with E-state index in [0.29, 0.717) is 12.2 Å². The number of carbonyl (C=O) groups is 2. The molecule has 1 aliphatic heterocycles. The number of rotatable bonds is 8. The molecule has 2 amide bonds. The van der Waals surface area contributed by atoms with Crippen LogP contribution in [-0.2, 0) is 9.59 Å². The molecule has 1 aliphatic rings. The monoisotopic (exact) mass is 411 g/mol. The second kappa shape index (κ2) is 9.83. The quantitative estimate of drug-likeness (QED) is 0.618. The number of benzene rings is 2. The fourth-order valence-electron chi connectivity index (χ4n) is 3.35. The van der Waals surface area contributed by atoms with Crippen LogP contribution in [0.5, 0.6) is 0 Å². The van der Waals surface area contributed by atoms with Crippen LogP contribution < -0.4 is 15.1 Å². The number of nitrogens with zero attached hydrogens (tertiary/aromatic N) is 2. The van der Waals surface area contributed by atoms with Crippen molar-refractivity contribution in [3.05, 3.63) is 54.1 Å². The Kier molecular flexibility index (Phi) is 7.20. The minimum Gasteiger partial charge on any atom is -0.378 e. The summed E-state index contributed by atoms with van der Waals surface area (Å²) < 4.78 is 0. The number of carbonyl (C=O) groups excluding carboxylic acids is 2. The maximum Gasteiger partial charge on any atom is 0.238 e. The standard InChI is InChI=1S/C23H29N3O2S/c1-4-5-6-7-21(27)24-18-10-8-17(9-11-18)23-26(22(28)16-29-23)20-14-12-19(13-15-20)25(2)3/h8-15,23H,4-7,16H2,1-3H3,(H,24,27)/t23-/m1/s1. The van der Waals surface area contributed by atoms with Gasteiger partial charge in [0.1, 0.15) is 5.37 Å². The van der Waals surface area contributed by atoms with Crippen LogP contribution >= 0.6 is 11.8 Å². The van der Waals surface area contributed by atoms with Crippen molar-refractivity contribution in [1.29, 1.82) is 0 Å². The van der Waals surface area contributed by atoms with Gasteiger partial charge in [0.05, 0.1) is 5.75 Å². The molecule has 1 fully saturated rings. The smallest absolute Gasteiger partial charge is 0.238 e. The Balaban J connectivity index is 1.70. The van der Waals surface area contributed by atoms with Gasteiger partial charge in [-0.3, -0.25) is 14.5 Å². The van der Waals surface area contributed by atoms with Crippen LogP contribution in [-0.4, -0.2) is 31.7 Å². The molecule has 0 aromatic heterocycles. The molecule has 0 bridgehead atoms. The number of nitrogens with one attached hydrogen (secondary N) is 1. The van der Waals surface area contributed by atoms with Crippen LogP contribution in [0.3, 0.4) is 0 Å². The number of unbranched alkanes of at least 4 members (excludes halogenated alkanes) is 2. The van der Waals surface area contributed by atoms with E-state index in [0.717, 1.165) is 41.9 Å². The second-order valence-electron chi connectivity index (χ2n) is 7.47. The first-order valence-corrected chi connectivity index (χ1v) is 11.2. The lowest BCUT2D eigenvalue weighted by molar-refractivity contribution is -0.116. The highest BCUT2D eigenvalue weighted by Crippen LogP contribution is 2.42. The Morgan fingerprint density at radius 1 is 1.10 bits per heavy atom. The van der Waals surface area contributed by atoms with Gasteiger partial charge in [0.25, 0.3) is 0 Å². The van der Waals surface area contributed by atoms with Crippen molar-refractivity contribution in [1.82, 2.24) is 0 Å². The van der Waals surface area contributed by atoms with Crippen LogP contribution in [0, 0.1) is 0 Å². The van der Waals surface area contributed by atoms with Crippen LogP contribution in [0.2, 0.25) is 0 Å². The lowest BCUT2D eigenvalue weighted by Gasteiger charge is -2.25. The average molecular weight is 412 g/mol. The van der Waals surface area contributed by atoms with Crippen LogP contribution in [0.15, 0.2) is 48.5 Å². The summed E-state index contributed by atoms with van der Waals surface area (Å²) in [5, 5.41) is 2.90. The van der Waals surface area contributed by atoms with Gasteiger partial charge >= 0.3 is 0 Å². The average Bonchev–Trinajstić information content (AvgIpc) is 3.10. The van der Waals surface area contributed by atoms with E-state index in [1.807, 2.05) is 72.4 Å². The van der Waals surface area contributed by atoms with Gasteiger partial charge in [0.2, 0.25) is 11.8 Å². The Hall–Kier alpha value is -2.47. The fourth-order valence-corrected chi connectivity index (χ4v) is 4.53. The minimum atomic E-state index is -0.0537. The SMILES string of the molecule is CCCCCC(=O)Nc1ccc([C@H]2SCC(=O)N2c2ccc(N(C)C)cc2)cc1. The zero-order valence-electron chi connectivity index (χ0n) is 17.4. The second-order valence-corrected chi connectivity index (χ2v) is 8.53. The Morgan fingerprint density at radius 3 is 2.41 bits per heavy atom. The molecule has 29 heavy (non-hydrogen) atoms. The molecule has 5 nitrogen and oxygen atoms in total. The molecule has 154 valence electrons. The van der Waals surface area contributed by atoms with Crippen molar-refractivity contribution in [3.8, 4) is 0 Å². The summed E-state index contributed by atoms with van der Waals surface area (Å²) in [4.78, 5) is 28.5. The van der Waals surface area contributed by atoms with Gasteiger partial charge in [-0.05, 0) is 48.4 Å². The summed E-state index contributed by atoms with van der Waals surface area (Å²) in [6, 6.07) is 15.9. The van der Waals surface area contributed by atoms with E-state index in [-0.39, 0.29) is 17.2 Å². The molecule has 3 rings (SSSR count). The van der Waals surface area contributed by atoms with Crippen molar-refractivity contribution in [2.75, 3.05) is 35.0 Å². The largest absolute Gasteiger partial charge is 0.378 e. The summed E-state index contributed by atoms with van der Waals surface area (Å²) in [6.45, 7) is 2.13. The van der Waals surface area contributed by atoms with Gasteiger partial charge in [0, 0.05) is 37.6 Å². The third-order valence-corrected chi connectivity index (χ3v) is 6.21. The number of hydrogen-bond acceptors (Lipinski definition) is 4. The molecular formula is C23H29N3O2S. The molecule has 0 radical (unpaired) electrons. The molecule has 2 aromatic carbocycles. The molecule has 0 aliphatic carbocycles. The fraction of sp³-hybridized carbons (Fsp3) is 0.391. The third-order valence-electron chi connectivity index (χ3n) is 5.00. The van der Waals surface area contributed by atoms with E-state index in [9.17, 15) is 9.59 Å². The van der Waals surface area contributed by atoms with Crippen LogP contribution in [0.25, 0.3) is 0 Å². The Morgan fingerprint density at radius 2 is 1.79 bits per heavy atom. The normalized spacial score (nSPS) is 16.2. The number of hydrogen-bond donors (Lipinski definition) is 1. The predicted molar refractivity (Wildman–Crippen MR) is 123 cm³/mol. The van der Waals surface area contributed by atoms with Crippen LogP contribution in [0.4, 0.5) is 17.1 Å². The maximum absolute atomic E-state index is 12.6. The summed E-state index contributed by atoms with van der Waals surface area (Å²) in [5.41, 5.74) is 3.86. The van der Waals surface area contributed by atoms with Crippen molar-refractivity contribution >= 4 is 40.6 Å². The highest BCUT2D eigenvalue weighted by atomic mass is 32.2. The molecule has 0 spiro atoms. The first kappa shape index (κ1) is 21.2. The first-order valence-electron chi connectivity index (χ1n) is 10.1. The van der Waals surface area contributed by atoms with Gasteiger partial charge in [-0.2, -0.15) is 0 Å². The van der Waals surface area contributed by atoms with E-state index < -0.39 is 0 Å². The molecule has 6 heteroatoms. The lowest BCUT2D eigenvalue weighted by Crippen LogP contribution is -2.27. The molecule has 0 saturated carbocycles. The van der Waals surface area contributed by atoms with Crippen molar-refractivity contribution in [2.24, 2.45) is 0 Å². The van der Waals surface area contributed by atoms with Crippen molar-refractivity contribution in [2.45, 2.75) is 38.0 Å².